The molecule has 1 fully saturated rings. The van der Waals surface area contributed by atoms with Crippen LogP contribution in [-0.4, -0.2) is 65.0 Å². The average Bonchev–Trinajstić information content (AvgIpc) is 2.87. The number of piperazine rings is 1. The summed E-state index contributed by atoms with van der Waals surface area (Å²) in [6.07, 6.45) is 1.34. The second-order valence-corrected chi connectivity index (χ2v) is 11.4. The van der Waals surface area contributed by atoms with Crippen molar-refractivity contribution in [3.63, 3.8) is 0 Å². The molecule has 200 valence electrons. The van der Waals surface area contributed by atoms with Crippen molar-refractivity contribution in [1.29, 1.82) is 0 Å². The Labute approximate surface area is 230 Å². The summed E-state index contributed by atoms with van der Waals surface area (Å²) in [6.45, 7) is 11.1. The molecule has 0 spiro atoms. The topological polar surface area (TPSA) is 67.7 Å². The summed E-state index contributed by atoms with van der Waals surface area (Å²) in [4.78, 5) is 35.6. The molecule has 38 heavy (non-hydrogen) atoms. The first-order chi connectivity index (χ1) is 18.2. The maximum Gasteiger partial charge on any atom is 0.350 e. The van der Waals surface area contributed by atoms with Crippen LogP contribution >= 0.6 is 23.4 Å². The van der Waals surface area contributed by atoms with Gasteiger partial charge in [-0.15, -0.1) is 11.8 Å². The summed E-state index contributed by atoms with van der Waals surface area (Å²) in [5.74, 6) is 0.666. The van der Waals surface area contributed by atoms with Gasteiger partial charge in [0.2, 0.25) is 5.91 Å². The number of halogens is 2. The van der Waals surface area contributed by atoms with E-state index in [2.05, 4.69) is 22.5 Å². The first-order valence-electron chi connectivity index (χ1n) is 12.5. The molecule has 0 radical (unpaired) electrons. The van der Waals surface area contributed by atoms with Crippen molar-refractivity contribution in [2.24, 2.45) is 0 Å². The Balaban J connectivity index is 1.74. The van der Waals surface area contributed by atoms with Gasteiger partial charge >= 0.3 is 5.69 Å². The lowest BCUT2D eigenvalue weighted by atomic mass is 9.97. The van der Waals surface area contributed by atoms with E-state index in [4.69, 9.17) is 16.3 Å². The zero-order valence-corrected chi connectivity index (χ0v) is 23.4. The lowest BCUT2D eigenvalue weighted by Gasteiger charge is -2.45. The van der Waals surface area contributed by atoms with Crippen LogP contribution in [0.1, 0.15) is 25.5 Å². The second-order valence-electron chi connectivity index (χ2n) is 9.98. The molecule has 0 aliphatic carbocycles. The number of aromatic nitrogens is 2. The van der Waals surface area contributed by atoms with E-state index in [-0.39, 0.29) is 34.7 Å². The predicted molar refractivity (Wildman–Crippen MR) is 151 cm³/mol. The number of carbonyl (C=O) groups excluding carboxylic acids is 1. The summed E-state index contributed by atoms with van der Waals surface area (Å²) in [5, 5.41) is 0.917. The minimum absolute atomic E-state index is 0.0509. The van der Waals surface area contributed by atoms with Crippen LogP contribution in [0, 0.1) is 12.7 Å². The van der Waals surface area contributed by atoms with Crippen LogP contribution < -0.4 is 10.6 Å². The Morgan fingerprint density at radius 3 is 2.63 bits per heavy atom. The second kappa shape index (κ2) is 10.4. The number of carbonyl (C=O) groups is 1. The molecule has 2 aliphatic heterocycles. The molecule has 1 aromatic heterocycles. The van der Waals surface area contributed by atoms with Crippen LogP contribution in [0.25, 0.3) is 22.0 Å². The molecule has 0 N–H and O–H groups in total. The van der Waals surface area contributed by atoms with Gasteiger partial charge in [-0.25, -0.2) is 9.18 Å². The Hall–Kier alpha value is -2.88. The average molecular weight is 557 g/mol. The first kappa shape index (κ1) is 26.7. The van der Waals surface area contributed by atoms with Crippen molar-refractivity contribution < 1.29 is 13.9 Å². The van der Waals surface area contributed by atoms with Gasteiger partial charge in [0.25, 0.3) is 0 Å². The molecule has 3 aromatic rings. The zero-order valence-electron chi connectivity index (χ0n) is 21.8. The maximum absolute atomic E-state index is 14.0. The maximum atomic E-state index is 14.0. The lowest BCUT2D eigenvalue weighted by Crippen LogP contribution is -2.58. The van der Waals surface area contributed by atoms with Gasteiger partial charge in [0.15, 0.2) is 0 Å². The SMILES string of the molecule is C=CC(=O)N1[C@H](C)CN(c2nc(=O)n3c4c(c(-c5ccc(F)c(Cl)c5)c(C)cc24)SC[C@@H]3COC)C[C@@H]1C. The van der Waals surface area contributed by atoms with E-state index in [1.165, 1.54) is 12.1 Å². The van der Waals surface area contributed by atoms with Crippen LogP contribution in [0.4, 0.5) is 10.2 Å². The molecule has 3 heterocycles. The van der Waals surface area contributed by atoms with Crippen molar-refractivity contribution in [2.75, 3.05) is 37.5 Å². The number of ether oxygens (including phenoxy) is 1. The Morgan fingerprint density at radius 2 is 2.00 bits per heavy atom. The van der Waals surface area contributed by atoms with E-state index in [1.54, 1.807) is 35.6 Å². The third kappa shape index (κ3) is 4.40. The molecule has 5 rings (SSSR count). The van der Waals surface area contributed by atoms with E-state index in [1.807, 2.05) is 25.7 Å². The highest BCUT2D eigenvalue weighted by Gasteiger charge is 2.35. The lowest BCUT2D eigenvalue weighted by molar-refractivity contribution is -0.130. The number of thioether (sulfide) groups is 1. The standard InChI is InChI=1S/C28H30ClFN4O3S/c1-6-23(35)33-16(3)11-32(12-17(33)4)27-20-9-15(2)24(18-7-8-22(30)21(29)10-18)26-25(20)34(28(36)31-27)19(13-37-5)14-38-26/h6-10,16-17,19H,1,11-14H2,2-5H3/t16-,17+,19-/m0/s1. The van der Waals surface area contributed by atoms with E-state index in [0.717, 1.165) is 32.5 Å². The van der Waals surface area contributed by atoms with Crippen LogP contribution in [0.15, 0.2) is 46.6 Å². The molecule has 1 amide bonds. The largest absolute Gasteiger partial charge is 0.383 e. The van der Waals surface area contributed by atoms with Crippen molar-refractivity contribution >= 4 is 46.0 Å². The summed E-state index contributed by atoms with van der Waals surface area (Å²) in [7, 11) is 1.62. The van der Waals surface area contributed by atoms with Crippen molar-refractivity contribution in [1.82, 2.24) is 14.5 Å². The Morgan fingerprint density at radius 1 is 1.29 bits per heavy atom. The molecule has 2 aliphatic rings. The molecule has 0 unspecified atom stereocenters. The number of anilines is 1. The Kier molecular flexibility index (Phi) is 7.28. The number of nitrogens with zero attached hydrogens (tertiary/aromatic N) is 4. The normalized spacial score (nSPS) is 21.2. The van der Waals surface area contributed by atoms with Crippen molar-refractivity contribution in [2.45, 2.75) is 43.8 Å². The smallest absolute Gasteiger partial charge is 0.350 e. The van der Waals surface area contributed by atoms with Gasteiger partial charge in [0, 0.05) is 53.9 Å². The number of hydrogen-bond acceptors (Lipinski definition) is 6. The monoisotopic (exact) mass is 556 g/mol. The fourth-order valence-corrected chi connectivity index (χ4v) is 7.38. The van der Waals surface area contributed by atoms with E-state index in [9.17, 15) is 14.0 Å². The van der Waals surface area contributed by atoms with Crippen LogP contribution in [-0.2, 0) is 9.53 Å². The minimum Gasteiger partial charge on any atom is -0.383 e. The molecular formula is C28H30ClFN4O3S. The van der Waals surface area contributed by atoms with Gasteiger partial charge in [0.05, 0.1) is 23.2 Å². The molecule has 7 nitrogen and oxygen atoms in total. The van der Waals surface area contributed by atoms with Crippen LogP contribution in [0.2, 0.25) is 5.02 Å². The highest BCUT2D eigenvalue weighted by molar-refractivity contribution is 7.99. The predicted octanol–water partition coefficient (Wildman–Crippen LogP) is 5.07. The number of methoxy groups -OCH3 is 1. The third-order valence-corrected chi connectivity index (χ3v) is 8.87. The van der Waals surface area contributed by atoms with Gasteiger partial charge in [-0.05, 0) is 56.2 Å². The summed E-state index contributed by atoms with van der Waals surface area (Å²) in [6, 6.07) is 6.41. The van der Waals surface area contributed by atoms with E-state index < -0.39 is 5.82 Å². The molecular weight excluding hydrogens is 527 g/mol. The number of hydrogen-bond donors (Lipinski definition) is 0. The van der Waals surface area contributed by atoms with E-state index >= 15 is 0 Å². The minimum atomic E-state index is -0.476. The third-order valence-electron chi connectivity index (χ3n) is 7.34. The number of amides is 1. The molecule has 3 atom stereocenters. The highest BCUT2D eigenvalue weighted by Crippen LogP contribution is 2.46. The molecule has 2 aromatic carbocycles. The zero-order chi connectivity index (χ0) is 27.3. The van der Waals surface area contributed by atoms with Crippen molar-refractivity contribution in [3.8, 4) is 11.1 Å². The van der Waals surface area contributed by atoms with Crippen LogP contribution in [0.5, 0.6) is 0 Å². The fraction of sp³-hybridized carbons (Fsp3) is 0.393. The molecule has 0 saturated carbocycles. The van der Waals surface area contributed by atoms with Crippen molar-refractivity contribution in [3.05, 3.63) is 63.8 Å². The number of aryl methyl sites for hydroxylation is 1. The van der Waals surface area contributed by atoms with Gasteiger partial charge in [-0.3, -0.25) is 9.36 Å². The summed E-state index contributed by atoms with van der Waals surface area (Å²) >= 11 is 7.82. The van der Waals surface area contributed by atoms with Gasteiger partial charge in [-0.1, -0.05) is 24.2 Å². The van der Waals surface area contributed by atoms with Gasteiger partial charge in [-0.2, -0.15) is 4.98 Å². The van der Waals surface area contributed by atoms with Gasteiger partial charge < -0.3 is 14.5 Å². The summed E-state index contributed by atoms with van der Waals surface area (Å²) < 4.78 is 21.2. The number of rotatable bonds is 5. The van der Waals surface area contributed by atoms with Crippen LogP contribution in [0.3, 0.4) is 0 Å². The summed E-state index contributed by atoms with van der Waals surface area (Å²) in [5.41, 5.74) is 3.15. The molecule has 0 bridgehead atoms. The number of benzene rings is 2. The van der Waals surface area contributed by atoms with E-state index in [0.29, 0.717) is 31.3 Å². The highest BCUT2D eigenvalue weighted by atomic mass is 35.5. The molecule has 10 heteroatoms. The Bertz CT molecular complexity index is 1500. The quantitative estimate of drug-likeness (QED) is 0.409. The molecule has 1 saturated heterocycles. The first-order valence-corrected chi connectivity index (χ1v) is 13.9. The van der Waals surface area contributed by atoms with Gasteiger partial charge in [0.1, 0.15) is 11.6 Å². The fourth-order valence-electron chi connectivity index (χ4n) is 5.82.